The minimum atomic E-state index is -0.0395. The topological polar surface area (TPSA) is 41.1 Å². The third-order valence-electron chi connectivity index (χ3n) is 3.43. The van der Waals surface area contributed by atoms with E-state index in [0.29, 0.717) is 23.2 Å². The number of nitrogens with one attached hydrogen (secondary N) is 2. The van der Waals surface area contributed by atoms with Crippen LogP contribution in [0.4, 0.5) is 0 Å². The van der Waals surface area contributed by atoms with E-state index in [2.05, 4.69) is 10.6 Å². The molecule has 18 heavy (non-hydrogen) atoms. The molecule has 1 aromatic carbocycles. The monoisotopic (exact) mass is 266 g/mol. The summed E-state index contributed by atoms with van der Waals surface area (Å²) in [6.07, 6.45) is 3.61. The Bertz CT molecular complexity index is 428. The SMILES string of the molecule is Cc1c(Cl)cccc1C(=O)NCC1CCCCN1. The van der Waals surface area contributed by atoms with E-state index < -0.39 is 0 Å². The first-order valence-corrected chi connectivity index (χ1v) is 6.83. The third kappa shape index (κ3) is 3.24. The number of rotatable bonds is 3. The molecule has 0 bridgehead atoms. The van der Waals surface area contributed by atoms with Gasteiger partial charge in [0.05, 0.1) is 0 Å². The highest BCUT2D eigenvalue weighted by Crippen LogP contribution is 2.18. The summed E-state index contributed by atoms with van der Waals surface area (Å²) >= 11 is 6.01. The van der Waals surface area contributed by atoms with Gasteiger partial charge in [-0.25, -0.2) is 0 Å². The fourth-order valence-electron chi connectivity index (χ4n) is 2.26. The lowest BCUT2D eigenvalue weighted by Gasteiger charge is -2.23. The molecule has 2 N–H and O–H groups in total. The average molecular weight is 267 g/mol. The van der Waals surface area contributed by atoms with Crippen LogP contribution in [0.2, 0.25) is 5.02 Å². The largest absolute Gasteiger partial charge is 0.350 e. The van der Waals surface area contributed by atoms with Crippen LogP contribution in [0.15, 0.2) is 18.2 Å². The van der Waals surface area contributed by atoms with Crippen molar-refractivity contribution in [2.45, 2.75) is 32.2 Å². The van der Waals surface area contributed by atoms with Crippen molar-refractivity contribution in [2.75, 3.05) is 13.1 Å². The van der Waals surface area contributed by atoms with Gasteiger partial charge in [-0.05, 0) is 44.0 Å². The highest BCUT2D eigenvalue weighted by Gasteiger charge is 2.15. The molecule has 3 nitrogen and oxygen atoms in total. The van der Waals surface area contributed by atoms with Gasteiger partial charge in [-0.1, -0.05) is 24.1 Å². The number of piperidine rings is 1. The molecule has 1 heterocycles. The number of halogens is 1. The third-order valence-corrected chi connectivity index (χ3v) is 3.84. The second-order valence-electron chi connectivity index (χ2n) is 4.77. The van der Waals surface area contributed by atoms with Crippen LogP contribution >= 0.6 is 11.6 Å². The van der Waals surface area contributed by atoms with Crippen molar-refractivity contribution in [1.29, 1.82) is 0 Å². The number of hydrogen-bond acceptors (Lipinski definition) is 2. The molecule has 4 heteroatoms. The molecule has 0 aromatic heterocycles. The normalized spacial score (nSPS) is 19.6. The molecule has 0 radical (unpaired) electrons. The molecule has 1 aliphatic heterocycles. The minimum Gasteiger partial charge on any atom is -0.350 e. The number of benzene rings is 1. The van der Waals surface area contributed by atoms with E-state index in [1.54, 1.807) is 6.07 Å². The Hall–Kier alpha value is -1.06. The van der Waals surface area contributed by atoms with Crippen LogP contribution in [0.25, 0.3) is 0 Å². The second-order valence-corrected chi connectivity index (χ2v) is 5.18. The first-order valence-electron chi connectivity index (χ1n) is 6.45. The first-order chi connectivity index (χ1) is 8.68. The molecule has 1 saturated heterocycles. The van der Waals surface area contributed by atoms with E-state index in [-0.39, 0.29) is 5.91 Å². The van der Waals surface area contributed by atoms with Gasteiger partial charge in [0.15, 0.2) is 0 Å². The van der Waals surface area contributed by atoms with Gasteiger partial charge in [0.2, 0.25) is 0 Å². The van der Waals surface area contributed by atoms with Crippen LogP contribution in [0.5, 0.6) is 0 Å². The predicted molar refractivity (Wildman–Crippen MR) is 74.2 cm³/mol. The Balaban J connectivity index is 1.93. The lowest BCUT2D eigenvalue weighted by Crippen LogP contribution is -2.43. The Morgan fingerprint density at radius 2 is 2.33 bits per heavy atom. The Labute approximate surface area is 113 Å². The van der Waals surface area contributed by atoms with Gasteiger partial charge >= 0.3 is 0 Å². The summed E-state index contributed by atoms with van der Waals surface area (Å²) in [5.41, 5.74) is 1.51. The van der Waals surface area contributed by atoms with Crippen molar-refractivity contribution in [1.82, 2.24) is 10.6 Å². The number of carbonyl (C=O) groups excluding carboxylic acids is 1. The second kappa shape index (κ2) is 6.21. The van der Waals surface area contributed by atoms with Crippen molar-refractivity contribution in [2.24, 2.45) is 0 Å². The number of hydrogen-bond donors (Lipinski definition) is 2. The quantitative estimate of drug-likeness (QED) is 0.883. The molecule has 0 saturated carbocycles. The van der Waals surface area contributed by atoms with Gasteiger partial charge in [0.25, 0.3) is 5.91 Å². The van der Waals surface area contributed by atoms with E-state index in [4.69, 9.17) is 11.6 Å². The Morgan fingerprint density at radius 3 is 3.06 bits per heavy atom. The Kier molecular flexibility index (Phi) is 4.61. The van der Waals surface area contributed by atoms with Crippen molar-refractivity contribution in [3.63, 3.8) is 0 Å². The maximum Gasteiger partial charge on any atom is 0.251 e. The van der Waals surface area contributed by atoms with E-state index in [9.17, 15) is 4.79 Å². The van der Waals surface area contributed by atoms with Crippen molar-refractivity contribution < 1.29 is 4.79 Å². The maximum absolute atomic E-state index is 12.1. The number of amides is 1. The predicted octanol–water partition coefficient (Wildman–Crippen LogP) is 2.52. The van der Waals surface area contributed by atoms with Gasteiger partial charge < -0.3 is 10.6 Å². The van der Waals surface area contributed by atoms with E-state index in [0.717, 1.165) is 18.5 Å². The molecule has 1 amide bonds. The molecule has 1 aromatic rings. The summed E-state index contributed by atoms with van der Waals surface area (Å²) in [4.78, 5) is 12.1. The van der Waals surface area contributed by atoms with Gasteiger partial charge in [-0.3, -0.25) is 4.79 Å². The molecular formula is C14H19ClN2O. The van der Waals surface area contributed by atoms with Crippen LogP contribution in [0.1, 0.15) is 35.2 Å². The van der Waals surface area contributed by atoms with Crippen LogP contribution < -0.4 is 10.6 Å². The number of carbonyl (C=O) groups is 1. The summed E-state index contributed by atoms with van der Waals surface area (Å²) in [6, 6.07) is 5.83. The zero-order chi connectivity index (χ0) is 13.0. The van der Waals surface area contributed by atoms with Crippen LogP contribution in [0, 0.1) is 6.92 Å². The molecule has 1 aliphatic rings. The van der Waals surface area contributed by atoms with Gasteiger partial charge in [-0.2, -0.15) is 0 Å². The molecule has 1 atom stereocenters. The van der Waals surface area contributed by atoms with E-state index in [1.165, 1.54) is 12.8 Å². The Morgan fingerprint density at radius 1 is 1.50 bits per heavy atom. The molecule has 1 unspecified atom stereocenters. The van der Waals surface area contributed by atoms with Gasteiger partial charge in [-0.15, -0.1) is 0 Å². The van der Waals surface area contributed by atoms with Crippen LogP contribution in [0.3, 0.4) is 0 Å². The highest BCUT2D eigenvalue weighted by molar-refractivity contribution is 6.31. The molecule has 2 rings (SSSR count). The fraction of sp³-hybridized carbons (Fsp3) is 0.500. The van der Waals surface area contributed by atoms with Crippen LogP contribution in [-0.4, -0.2) is 25.0 Å². The fourth-order valence-corrected chi connectivity index (χ4v) is 2.44. The van der Waals surface area contributed by atoms with Gasteiger partial charge in [0.1, 0.15) is 0 Å². The molecule has 0 spiro atoms. The molecule has 0 aliphatic carbocycles. The van der Waals surface area contributed by atoms with Crippen LogP contribution in [-0.2, 0) is 0 Å². The van der Waals surface area contributed by atoms with Crippen molar-refractivity contribution >= 4 is 17.5 Å². The smallest absolute Gasteiger partial charge is 0.251 e. The summed E-state index contributed by atoms with van der Waals surface area (Å²) in [5.74, 6) is -0.0395. The summed E-state index contributed by atoms with van der Waals surface area (Å²) < 4.78 is 0. The lowest BCUT2D eigenvalue weighted by atomic mass is 10.0. The molecule has 1 fully saturated rings. The first kappa shape index (κ1) is 13.4. The summed E-state index contributed by atoms with van der Waals surface area (Å²) in [7, 11) is 0. The van der Waals surface area contributed by atoms with E-state index >= 15 is 0 Å². The highest BCUT2D eigenvalue weighted by atomic mass is 35.5. The zero-order valence-corrected chi connectivity index (χ0v) is 11.4. The van der Waals surface area contributed by atoms with Gasteiger partial charge in [0, 0.05) is 23.2 Å². The molecule has 98 valence electrons. The lowest BCUT2D eigenvalue weighted by molar-refractivity contribution is 0.0947. The summed E-state index contributed by atoms with van der Waals surface area (Å²) in [5, 5.41) is 7.03. The maximum atomic E-state index is 12.1. The standard InChI is InChI=1S/C14H19ClN2O/c1-10-12(6-4-7-13(10)15)14(18)17-9-11-5-2-3-8-16-11/h4,6-7,11,16H,2-3,5,8-9H2,1H3,(H,17,18). The summed E-state index contributed by atoms with van der Waals surface area (Å²) in [6.45, 7) is 3.61. The van der Waals surface area contributed by atoms with Crippen molar-refractivity contribution in [3.05, 3.63) is 34.3 Å². The van der Waals surface area contributed by atoms with E-state index in [1.807, 2.05) is 19.1 Å². The minimum absolute atomic E-state index is 0.0395. The molecular weight excluding hydrogens is 248 g/mol. The van der Waals surface area contributed by atoms with Crippen molar-refractivity contribution in [3.8, 4) is 0 Å². The zero-order valence-electron chi connectivity index (χ0n) is 10.6. The average Bonchev–Trinajstić information content (AvgIpc) is 2.40.